The van der Waals surface area contributed by atoms with Gasteiger partial charge in [0.15, 0.2) is 18.3 Å². The largest absolute Gasteiger partial charge is 0.194 e. The highest BCUT2D eigenvalue weighted by Crippen LogP contribution is 2.14. The standard InChI is InChI=1S/C15H25ClNS/c1-3-5-6-7-8-11-18-13-17-10-9-14(4-2)15(16)12-17/h9-10,12H,3-8,11,13H2,1-2H3/q+1. The predicted octanol–water partition coefficient (Wildman–Crippen LogP) is 4.85. The summed E-state index contributed by atoms with van der Waals surface area (Å²) in [6, 6.07) is 2.13. The van der Waals surface area contributed by atoms with Crippen LogP contribution >= 0.6 is 23.4 Å². The molecule has 1 aromatic heterocycles. The Kier molecular flexibility index (Phi) is 8.53. The van der Waals surface area contributed by atoms with E-state index >= 15 is 0 Å². The Bertz CT molecular complexity index is 341. The smallest absolute Gasteiger partial charge is 0.194 e. The summed E-state index contributed by atoms with van der Waals surface area (Å²) in [5.74, 6) is 2.27. The van der Waals surface area contributed by atoms with Gasteiger partial charge in [-0.05, 0) is 24.2 Å². The van der Waals surface area contributed by atoms with E-state index in [1.807, 2.05) is 18.0 Å². The summed E-state index contributed by atoms with van der Waals surface area (Å²) >= 11 is 8.19. The molecule has 0 spiro atoms. The fraction of sp³-hybridized carbons (Fsp3) is 0.667. The predicted molar refractivity (Wildman–Crippen MR) is 82.2 cm³/mol. The van der Waals surface area contributed by atoms with Crippen molar-refractivity contribution in [1.29, 1.82) is 0 Å². The molecule has 102 valence electrons. The van der Waals surface area contributed by atoms with Gasteiger partial charge in [-0.2, -0.15) is 4.57 Å². The quantitative estimate of drug-likeness (QED) is 0.463. The van der Waals surface area contributed by atoms with Gasteiger partial charge in [-0.15, -0.1) is 0 Å². The van der Waals surface area contributed by atoms with Gasteiger partial charge in [0.1, 0.15) is 5.02 Å². The first-order valence-electron chi connectivity index (χ1n) is 7.03. The number of aromatic nitrogens is 1. The molecule has 0 fully saturated rings. The molecule has 1 aromatic rings. The molecule has 1 heterocycles. The first-order chi connectivity index (χ1) is 8.77. The van der Waals surface area contributed by atoms with Crippen molar-refractivity contribution in [2.24, 2.45) is 0 Å². The lowest BCUT2D eigenvalue weighted by Crippen LogP contribution is -2.31. The van der Waals surface area contributed by atoms with Crippen LogP contribution in [0.25, 0.3) is 0 Å². The Balaban J connectivity index is 2.17. The molecule has 0 N–H and O–H groups in total. The lowest BCUT2D eigenvalue weighted by atomic mass is 10.2. The summed E-state index contributed by atoms with van der Waals surface area (Å²) in [4.78, 5) is 0. The van der Waals surface area contributed by atoms with E-state index in [2.05, 4.69) is 30.7 Å². The lowest BCUT2D eigenvalue weighted by molar-refractivity contribution is -0.675. The van der Waals surface area contributed by atoms with Crippen LogP contribution in [-0.4, -0.2) is 5.75 Å². The highest BCUT2D eigenvalue weighted by Gasteiger charge is 2.05. The fourth-order valence-corrected chi connectivity index (χ4v) is 3.11. The number of halogens is 1. The van der Waals surface area contributed by atoms with Crippen molar-refractivity contribution in [2.75, 3.05) is 5.75 Å². The molecule has 0 radical (unpaired) electrons. The van der Waals surface area contributed by atoms with Gasteiger partial charge in [-0.1, -0.05) is 62.9 Å². The molecule has 0 amide bonds. The van der Waals surface area contributed by atoms with E-state index in [1.54, 1.807) is 0 Å². The molecule has 18 heavy (non-hydrogen) atoms. The molecular formula is C15H25ClNS+. The normalized spacial score (nSPS) is 10.8. The van der Waals surface area contributed by atoms with Crippen LogP contribution in [0.15, 0.2) is 18.5 Å². The second-order valence-corrected chi connectivity index (χ2v) is 6.12. The third-order valence-corrected chi connectivity index (χ3v) is 4.47. The average molecular weight is 287 g/mol. The number of pyridine rings is 1. The van der Waals surface area contributed by atoms with Crippen LogP contribution in [0.2, 0.25) is 5.02 Å². The van der Waals surface area contributed by atoms with Crippen LogP contribution in [0, 0.1) is 0 Å². The monoisotopic (exact) mass is 286 g/mol. The van der Waals surface area contributed by atoms with Gasteiger partial charge >= 0.3 is 0 Å². The molecule has 0 bridgehead atoms. The molecular weight excluding hydrogens is 262 g/mol. The number of hydrogen-bond acceptors (Lipinski definition) is 1. The Morgan fingerprint density at radius 3 is 2.61 bits per heavy atom. The van der Waals surface area contributed by atoms with E-state index in [-0.39, 0.29) is 0 Å². The van der Waals surface area contributed by atoms with Crippen LogP contribution < -0.4 is 4.57 Å². The topological polar surface area (TPSA) is 3.88 Å². The Morgan fingerprint density at radius 1 is 1.17 bits per heavy atom. The van der Waals surface area contributed by atoms with Gasteiger partial charge in [0.2, 0.25) is 0 Å². The third kappa shape index (κ3) is 6.10. The minimum atomic E-state index is 0.892. The summed E-state index contributed by atoms with van der Waals surface area (Å²) in [6.07, 6.45) is 12.0. The summed E-state index contributed by atoms with van der Waals surface area (Å²) in [5.41, 5.74) is 1.23. The summed E-state index contributed by atoms with van der Waals surface area (Å²) in [7, 11) is 0. The van der Waals surface area contributed by atoms with Gasteiger partial charge in [-0.3, -0.25) is 0 Å². The van der Waals surface area contributed by atoms with Crippen LogP contribution in [0.3, 0.4) is 0 Å². The maximum Gasteiger partial charge on any atom is 0.194 e. The van der Waals surface area contributed by atoms with Crippen molar-refractivity contribution in [2.45, 2.75) is 58.2 Å². The number of nitrogens with zero attached hydrogens (tertiary/aromatic N) is 1. The minimum absolute atomic E-state index is 0.892. The van der Waals surface area contributed by atoms with Gasteiger partial charge in [-0.25, -0.2) is 0 Å². The zero-order valence-corrected chi connectivity index (χ0v) is 13.2. The second kappa shape index (κ2) is 9.69. The van der Waals surface area contributed by atoms with Crippen molar-refractivity contribution in [3.8, 4) is 0 Å². The van der Waals surface area contributed by atoms with Crippen molar-refractivity contribution < 1.29 is 4.57 Å². The van der Waals surface area contributed by atoms with Gasteiger partial charge in [0, 0.05) is 6.07 Å². The number of aryl methyl sites for hydroxylation is 1. The minimum Gasteiger partial charge on any atom is -0.194 e. The van der Waals surface area contributed by atoms with Gasteiger partial charge in [0.25, 0.3) is 0 Å². The van der Waals surface area contributed by atoms with Crippen LogP contribution in [0.5, 0.6) is 0 Å². The molecule has 1 rings (SSSR count). The molecule has 0 aliphatic heterocycles. The molecule has 0 aliphatic rings. The van der Waals surface area contributed by atoms with E-state index in [1.165, 1.54) is 43.4 Å². The van der Waals surface area contributed by atoms with Crippen LogP contribution in [-0.2, 0) is 12.3 Å². The molecule has 1 nitrogen and oxygen atoms in total. The van der Waals surface area contributed by atoms with Crippen molar-refractivity contribution in [3.05, 3.63) is 29.0 Å². The zero-order chi connectivity index (χ0) is 13.2. The van der Waals surface area contributed by atoms with Crippen LogP contribution in [0.1, 0.15) is 51.5 Å². The average Bonchev–Trinajstić information content (AvgIpc) is 2.38. The summed E-state index contributed by atoms with van der Waals surface area (Å²) in [6.45, 7) is 4.39. The summed E-state index contributed by atoms with van der Waals surface area (Å²) in [5, 5.41) is 0.892. The van der Waals surface area contributed by atoms with E-state index in [4.69, 9.17) is 11.6 Å². The number of thioether (sulfide) groups is 1. The van der Waals surface area contributed by atoms with E-state index in [9.17, 15) is 0 Å². The molecule has 0 atom stereocenters. The van der Waals surface area contributed by atoms with Gasteiger partial charge < -0.3 is 0 Å². The Morgan fingerprint density at radius 2 is 1.94 bits per heavy atom. The SMILES string of the molecule is CCCCCCCSC[n+]1ccc(CC)c(Cl)c1. The number of rotatable bonds is 9. The molecule has 3 heteroatoms. The molecule has 0 unspecified atom stereocenters. The van der Waals surface area contributed by atoms with E-state index in [0.29, 0.717) is 0 Å². The maximum atomic E-state index is 6.20. The van der Waals surface area contributed by atoms with E-state index in [0.717, 1.165) is 17.3 Å². The van der Waals surface area contributed by atoms with Gasteiger partial charge in [0.05, 0.1) is 0 Å². The Labute approximate surface area is 121 Å². The Hall–Kier alpha value is -0.210. The van der Waals surface area contributed by atoms with Crippen molar-refractivity contribution in [3.63, 3.8) is 0 Å². The van der Waals surface area contributed by atoms with Crippen molar-refractivity contribution in [1.82, 2.24) is 0 Å². The molecule has 0 saturated carbocycles. The maximum absolute atomic E-state index is 6.20. The number of unbranched alkanes of at least 4 members (excludes halogenated alkanes) is 4. The third-order valence-electron chi connectivity index (χ3n) is 3.07. The van der Waals surface area contributed by atoms with Crippen LogP contribution in [0.4, 0.5) is 0 Å². The first kappa shape index (κ1) is 15.8. The highest BCUT2D eigenvalue weighted by molar-refractivity contribution is 7.98. The molecule has 0 aliphatic carbocycles. The second-order valence-electron chi connectivity index (χ2n) is 4.64. The van der Waals surface area contributed by atoms with E-state index < -0.39 is 0 Å². The van der Waals surface area contributed by atoms with Crippen molar-refractivity contribution >= 4 is 23.4 Å². The highest BCUT2D eigenvalue weighted by atomic mass is 35.5. The first-order valence-corrected chi connectivity index (χ1v) is 8.56. The summed E-state index contributed by atoms with van der Waals surface area (Å²) < 4.78 is 2.18. The lowest BCUT2D eigenvalue weighted by Gasteiger charge is -2.01. The number of hydrogen-bond donors (Lipinski definition) is 0. The fourth-order valence-electron chi connectivity index (χ4n) is 1.88. The zero-order valence-electron chi connectivity index (χ0n) is 11.6. The molecule has 0 saturated heterocycles. The molecule has 0 aromatic carbocycles.